The van der Waals surface area contributed by atoms with E-state index in [2.05, 4.69) is 20.0 Å². The Bertz CT molecular complexity index is 1230. The largest absolute Gasteiger partial charge is 1.10 e. The van der Waals surface area contributed by atoms with Gasteiger partial charge >= 0.3 is 45.5 Å². The number of ether oxygens (including phenoxy) is 6. The molecule has 0 aromatic rings. The zero-order valence-corrected chi connectivity index (χ0v) is 28.5. The summed E-state index contributed by atoms with van der Waals surface area (Å²) in [5.41, 5.74) is -0.288. The molecule has 0 N–H and O–H groups in total. The molecule has 2 rings (SSSR count). The summed E-state index contributed by atoms with van der Waals surface area (Å²) < 4.78 is 49.4. The first kappa shape index (κ1) is 38.4. The molecule has 0 radical (unpaired) electrons. The van der Waals surface area contributed by atoms with Crippen LogP contribution in [0.4, 0.5) is 0 Å². The Morgan fingerprint density at radius 2 is 0.830 bits per heavy atom. The van der Waals surface area contributed by atoms with Crippen molar-refractivity contribution < 1.29 is 59.0 Å². The third kappa shape index (κ3) is 11.8. The van der Waals surface area contributed by atoms with E-state index in [4.69, 9.17) is 39.8 Å². The minimum absolute atomic E-state index is 0.0150. The molecule has 0 saturated heterocycles. The average molecular weight is 677 g/mol. The highest BCUT2D eigenvalue weighted by Crippen LogP contribution is 2.21. The van der Waals surface area contributed by atoms with Gasteiger partial charge in [-0.3, -0.25) is 20.0 Å². The van der Waals surface area contributed by atoms with Crippen molar-refractivity contribution in [3.8, 4) is 0 Å². The predicted octanol–water partition coefficient (Wildman–Crippen LogP) is 1.44. The second-order valence-electron chi connectivity index (χ2n) is 9.17. The Morgan fingerprint density at radius 1 is 0.553 bits per heavy atom. The Kier molecular flexibility index (Phi) is 16.1. The molecule has 254 valence electrons. The van der Waals surface area contributed by atoms with Gasteiger partial charge in [0.1, 0.15) is 33.8 Å². The zero-order valence-electron chi connectivity index (χ0n) is 27.4. The highest BCUT2D eigenvalue weighted by molar-refractivity contribution is 6.37. The van der Waals surface area contributed by atoms with Crippen molar-refractivity contribution in [2.45, 2.75) is 34.2 Å². The Labute approximate surface area is 276 Å². The van der Waals surface area contributed by atoms with Crippen LogP contribution < -0.4 is 0 Å². The van der Waals surface area contributed by atoms with Crippen LogP contribution >= 0.6 is 0 Å². The van der Waals surface area contributed by atoms with E-state index in [0.717, 1.165) is 0 Å². The summed E-state index contributed by atoms with van der Waals surface area (Å²) in [5, 5.41) is 0. The van der Waals surface area contributed by atoms with Gasteiger partial charge in [0.25, 0.3) is 0 Å². The van der Waals surface area contributed by atoms with Gasteiger partial charge in [-0.2, -0.15) is 0 Å². The van der Waals surface area contributed by atoms with E-state index in [1.165, 1.54) is 81.0 Å². The van der Waals surface area contributed by atoms with Crippen molar-refractivity contribution in [3.05, 3.63) is 45.3 Å². The SMILES string of the molecule is COC(=O)/C1=C(\C)OC([O][Al]2[O]/C(C)=C(/C(=O)OC)C=NCCN=C/C(C(=O)OC)=C(/C)[O]2)O/C(C)=C(/C(=O)OC)C=NCCN=C1. The summed E-state index contributed by atoms with van der Waals surface area (Å²) >= 11 is -3.67. The highest BCUT2D eigenvalue weighted by atomic mass is 27.3. The van der Waals surface area contributed by atoms with Crippen LogP contribution in [0.5, 0.6) is 0 Å². The van der Waals surface area contributed by atoms with Gasteiger partial charge in [-0.25, -0.2) is 19.2 Å². The van der Waals surface area contributed by atoms with Crippen molar-refractivity contribution >= 4 is 63.9 Å². The van der Waals surface area contributed by atoms with Crippen LogP contribution in [0.1, 0.15) is 27.7 Å². The first-order valence-electron chi connectivity index (χ1n) is 13.9. The van der Waals surface area contributed by atoms with Gasteiger partial charge in [0.15, 0.2) is 0 Å². The normalized spacial score (nSPS) is 24.6. The molecule has 17 nitrogen and oxygen atoms in total. The van der Waals surface area contributed by atoms with Gasteiger partial charge in [-0.15, -0.1) is 0 Å². The summed E-state index contributed by atoms with van der Waals surface area (Å²) in [6, 6.07) is 0. The molecular weight excluding hydrogens is 639 g/mol. The molecule has 0 aromatic carbocycles. The van der Waals surface area contributed by atoms with Gasteiger partial charge in [0, 0.05) is 24.9 Å². The quantitative estimate of drug-likeness (QED) is 0.222. The van der Waals surface area contributed by atoms with Crippen molar-refractivity contribution in [1.29, 1.82) is 0 Å². The highest BCUT2D eigenvalue weighted by Gasteiger charge is 2.46. The maximum atomic E-state index is 12.6. The van der Waals surface area contributed by atoms with Crippen LogP contribution in [0.15, 0.2) is 65.3 Å². The lowest BCUT2D eigenvalue weighted by Crippen LogP contribution is -2.35. The molecule has 2 heterocycles. The number of nitrogens with zero attached hydrogens (tertiary/aromatic N) is 4. The topological polar surface area (TPSA) is 201 Å². The number of carbonyl (C=O) groups is 4. The third-order valence-corrected chi connectivity index (χ3v) is 7.59. The lowest BCUT2D eigenvalue weighted by Gasteiger charge is -2.25. The molecule has 0 fully saturated rings. The molecule has 0 saturated carbocycles. The monoisotopic (exact) mass is 676 g/mol. The summed E-state index contributed by atoms with van der Waals surface area (Å²) in [5.74, 6) is -3.23. The van der Waals surface area contributed by atoms with Crippen molar-refractivity contribution in [1.82, 2.24) is 0 Å². The molecule has 0 bridgehead atoms. The first-order valence-corrected chi connectivity index (χ1v) is 15.4. The van der Waals surface area contributed by atoms with Crippen molar-refractivity contribution in [2.75, 3.05) is 54.6 Å². The number of methoxy groups -OCH3 is 4. The second kappa shape index (κ2) is 19.7. The van der Waals surface area contributed by atoms with E-state index in [9.17, 15) is 19.2 Å². The molecule has 2 aliphatic rings. The van der Waals surface area contributed by atoms with Crippen LogP contribution in [-0.2, 0) is 59.0 Å². The van der Waals surface area contributed by atoms with E-state index in [0.29, 0.717) is 0 Å². The molecule has 0 aromatic heterocycles. The smallest absolute Gasteiger partial charge is 0.591 e. The summed E-state index contributed by atoms with van der Waals surface area (Å²) in [7, 11) is 4.72. The Hall–Kier alpha value is -4.79. The summed E-state index contributed by atoms with van der Waals surface area (Å²) in [6.45, 7) is 4.60. The van der Waals surface area contributed by atoms with Crippen LogP contribution in [0.25, 0.3) is 0 Å². The number of rotatable bonds is 6. The Balaban J connectivity index is 2.77. The number of hydrogen-bond acceptors (Lipinski definition) is 17. The Morgan fingerprint density at radius 3 is 1.11 bits per heavy atom. The fourth-order valence-electron chi connectivity index (χ4n) is 3.52. The number of allylic oxidation sites excluding steroid dienone is 4. The molecule has 0 amide bonds. The van der Waals surface area contributed by atoms with Gasteiger partial charge in [0.05, 0.1) is 66.1 Å². The molecule has 18 heteroatoms. The summed E-state index contributed by atoms with van der Waals surface area (Å²) in [6.07, 6.45) is 4.97. The number of aliphatic imine (C=N–C) groups is 4. The van der Waals surface area contributed by atoms with E-state index in [-0.39, 0.29) is 71.5 Å². The van der Waals surface area contributed by atoms with Gasteiger partial charge in [0.2, 0.25) is 0 Å². The van der Waals surface area contributed by atoms with Crippen molar-refractivity contribution in [2.24, 2.45) is 20.0 Å². The molecular formula is C29H37AlN4O13. The zero-order chi connectivity index (χ0) is 34.9. The lowest BCUT2D eigenvalue weighted by atomic mass is 10.2. The number of esters is 4. The molecule has 0 spiro atoms. The standard InChI is InChI=1S/C15H19N2O7.C14H20N2O6.Al/c1-9-11(13(18)21-3)7-16-5-6-17-8-12(14(19)22-4)10(2)24-15(20)23-9;1-9(17)11(13(19)21-3)7-15-5-6-16-8-12(10(2)18)14(20)22-4;/h7-8,15H,5-6H2,1-4H3;7-8,17-18H,5-6H2,1-4H3;/q-1;;+3/p-2/b11-9+,12-10+,16-7?,17-8?;11-9+,12-10+,15-7?,16-8?;. The van der Waals surface area contributed by atoms with Crippen molar-refractivity contribution in [3.63, 3.8) is 0 Å². The maximum Gasteiger partial charge on any atom is 1.10 e. The fraction of sp³-hybridized carbons (Fsp3) is 0.448. The van der Waals surface area contributed by atoms with Gasteiger partial charge < -0.3 is 39.8 Å². The molecule has 0 unspecified atom stereocenters. The van der Waals surface area contributed by atoms with Crippen LogP contribution in [0.3, 0.4) is 0 Å². The number of carbonyl (C=O) groups excluding carboxylic acids is 4. The first-order chi connectivity index (χ1) is 22.5. The maximum absolute atomic E-state index is 12.6. The lowest BCUT2D eigenvalue weighted by molar-refractivity contribution is -0.221. The van der Waals surface area contributed by atoms with E-state index in [1.807, 2.05) is 0 Å². The van der Waals surface area contributed by atoms with E-state index >= 15 is 0 Å². The fourth-order valence-corrected chi connectivity index (χ4v) is 4.81. The van der Waals surface area contributed by atoms with Crippen LogP contribution in [-0.4, -0.2) is 125 Å². The van der Waals surface area contributed by atoms with Gasteiger partial charge in [-0.1, -0.05) is 0 Å². The van der Waals surface area contributed by atoms with Crippen LogP contribution in [0.2, 0.25) is 0 Å². The second-order valence-corrected chi connectivity index (χ2v) is 10.5. The van der Waals surface area contributed by atoms with E-state index < -0.39 is 45.5 Å². The predicted molar refractivity (Wildman–Crippen MR) is 167 cm³/mol. The van der Waals surface area contributed by atoms with Gasteiger partial charge in [-0.05, 0) is 27.7 Å². The third-order valence-electron chi connectivity index (χ3n) is 6.05. The number of hydrogen-bond donors (Lipinski definition) is 0. The summed E-state index contributed by atoms with van der Waals surface area (Å²) in [4.78, 5) is 67.1. The molecule has 0 atom stereocenters. The average Bonchev–Trinajstić information content (AvgIpc) is 3.06. The minimum atomic E-state index is -3.67. The van der Waals surface area contributed by atoms with Crippen LogP contribution in [0, 0.1) is 0 Å². The minimum Gasteiger partial charge on any atom is -0.591 e. The molecule has 0 aliphatic carbocycles. The molecule has 2 aliphatic heterocycles. The molecule has 47 heavy (non-hydrogen) atoms. The van der Waals surface area contributed by atoms with E-state index in [1.54, 1.807) is 0 Å².